The van der Waals surface area contributed by atoms with E-state index in [4.69, 9.17) is 0 Å². The number of nitrogens with zero attached hydrogens (tertiary/aromatic N) is 3. The van der Waals surface area contributed by atoms with E-state index >= 15 is 0 Å². The molecule has 0 radical (unpaired) electrons. The highest BCUT2D eigenvalue weighted by Crippen LogP contribution is 2.31. The summed E-state index contributed by atoms with van der Waals surface area (Å²) in [6.45, 7) is 1.62. The molecule has 1 aliphatic carbocycles. The first-order valence-electron chi connectivity index (χ1n) is 11.3. The number of aromatic nitrogens is 2. The highest BCUT2D eigenvalue weighted by Gasteiger charge is 2.29. The maximum Gasteiger partial charge on any atom is 0.225 e. The molecule has 5 nitrogen and oxygen atoms in total. The monoisotopic (exact) mass is 432 g/mol. The number of hydrogen-bond donors (Lipinski definition) is 1. The highest BCUT2D eigenvalue weighted by molar-refractivity contribution is 7.10. The van der Waals surface area contributed by atoms with Gasteiger partial charge in [-0.25, -0.2) is 9.97 Å². The van der Waals surface area contributed by atoms with Crippen LogP contribution in [0.4, 0.5) is 5.95 Å². The third-order valence-electron chi connectivity index (χ3n) is 6.52. The molecule has 1 aliphatic heterocycles. The van der Waals surface area contributed by atoms with Crippen LogP contribution in [-0.2, 0) is 17.6 Å². The largest absolute Gasteiger partial charge is 0.344 e. The van der Waals surface area contributed by atoms with Crippen LogP contribution in [0.1, 0.15) is 53.3 Å². The average molecular weight is 433 g/mol. The van der Waals surface area contributed by atoms with Gasteiger partial charge in [-0.3, -0.25) is 4.79 Å². The fraction of sp³-hybridized carbons (Fsp3) is 0.400. The van der Waals surface area contributed by atoms with Crippen molar-refractivity contribution in [2.24, 2.45) is 5.92 Å². The van der Waals surface area contributed by atoms with Gasteiger partial charge in [0.1, 0.15) is 0 Å². The first-order chi connectivity index (χ1) is 15.3. The van der Waals surface area contributed by atoms with Crippen LogP contribution < -0.4 is 10.2 Å². The number of aryl methyl sites for hydroxylation is 2. The van der Waals surface area contributed by atoms with E-state index in [0.29, 0.717) is 0 Å². The molecular weight excluding hydrogens is 404 g/mol. The Balaban J connectivity index is 1.29. The molecule has 1 fully saturated rings. The second-order valence-corrected chi connectivity index (χ2v) is 9.48. The van der Waals surface area contributed by atoms with E-state index in [-0.39, 0.29) is 17.9 Å². The summed E-state index contributed by atoms with van der Waals surface area (Å²) in [4.78, 5) is 25.3. The predicted molar refractivity (Wildman–Crippen MR) is 124 cm³/mol. The van der Waals surface area contributed by atoms with Gasteiger partial charge in [-0.05, 0) is 72.7 Å². The maximum absolute atomic E-state index is 13.3. The van der Waals surface area contributed by atoms with Gasteiger partial charge in [0.05, 0.1) is 6.04 Å². The smallest absolute Gasteiger partial charge is 0.225 e. The molecule has 3 heterocycles. The normalized spacial score (nSPS) is 17.7. The van der Waals surface area contributed by atoms with Crippen LogP contribution in [0.2, 0.25) is 0 Å². The molecule has 2 aromatic heterocycles. The molecule has 1 atom stereocenters. The molecule has 31 heavy (non-hydrogen) atoms. The molecule has 1 unspecified atom stereocenters. The zero-order chi connectivity index (χ0) is 21.0. The van der Waals surface area contributed by atoms with Crippen LogP contribution in [0.5, 0.6) is 0 Å². The number of fused-ring (bicyclic) bond motifs is 1. The molecule has 0 saturated carbocycles. The van der Waals surface area contributed by atoms with Crippen LogP contribution in [0.15, 0.2) is 54.2 Å². The fourth-order valence-electron chi connectivity index (χ4n) is 4.76. The lowest BCUT2D eigenvalue weighted by atomic mass is 9.88. The number of piperidine rings is 1. The molecule has 0 bridgehead atoms. The quantitative estimate of drug-likeness (QED) is 0.643. The third-order valence-corrected chi connectivity index (χ3v) is 7.46. The summed E-state index contributed by atoms with van der Waals surface area (Å²) in [6.07, 6.45) is 10.1. The lowest BCUT2D eigenvalue weighted by Crippen LogP contribution is -2.42. The van der Waals surface area contributed by atoms with Gasteiger partial charge in [0.15, 0.2) is 0 Å². The van der Waals surface area contributed by atoms with Gasteiger partial charge < -0.3 is 10.2 Å². The van der Waals surface area contributed by atoms with Crippen molar-refractivity contribution in [2.45, 2.75) is 44.6 Å². The number of nitrogens with one attached hydrogen (secondary N) is 1. The number of carbonyl (C=O) groups excluding carboxylic acids is 1. The van der Waals surface area contributed by atoms with Crippen molar-refractivity contribution in [3.63, 3.8) is 0 Å². The fourth-order valence-corrected chi connectivity index (χ4v) is 5.57. The van der Waals surface area contributed by atoms with Crippen molar-refractivity contribution in [3.8, 4) is 0 Å². The molecule has 1 amide bonds. The Labute approximate surface area is 187 Å². The summed E-state index contributed by atoms with van der Waals surface area (Å²) in [6, 6.07) is 12.8. The number of carbonyl (C=O) groups is 1. The Hall–Kier alpha value is -2.73. The predicted octanol–water partition coefficient (Wildman–Crippen LogP) is 4.54. The number of rotatable bonds is 5. The van der Waals surface area contributed by atoms with Crippen LogP contribution in [0, 0.1) is 5.92 Å². The highest BCUT2D eigenvalue weighted by atomic mass is 32.1. The van der Waals surface area contributed by atoms with Crippen molar-refractivity contribution in [1.29, 1.82) is 0 Å². The number of hydrogen-bond acceptors (Lipinski definition) is 5. The van der Waals surface area contributed by atoms with Gasteiger partial charge >= 0.3 is 0 Å². The van der Waals surface area contributed by atoms with E-state index in [2.05, 4.69) is 55.9 Å². The standard InChI is InChI=1S/C25H28N4OS/c30-24(19-10-14-29(15-11-19)25-26-12-4-13-27-25)28-23(22-7-3-16-31-22)21-9-8-18-5-1-2-6-20(18)17-21/h3-4,7-9,12-13,16-17,19,23H,1-2,5-6,10-11,14-15H2,(H,28,30). The molecule has 160 valence electrons. The van der Waals surface area contributed by atoms with E-state index in [1.165, 1.54) is 40.8 Å². The first-order valence-corrected chi connectivity index (χ1v) is 12.1. The number of thiophene rings is 1. The number of benzene rings is 1. The van der Waals surface area contributed by atoms with Crippen molar-refractivity contribution in [1.82, 2.24) is 15.3 Å². The molecule has 6 heteroatoms. The van der Waals surface area contributed by atoms with Gasteiger partial charge in [0, 0.05) is 36.3 Å². The van der Waals surface area contributed by atoms with E-state index in [1.807, 2.05) is 6.07 Å². The average Bonchev–Trinajstić information content (AvgIpc) is 3.37. The van der Waals surface area contributed by atoms with Crippen LogP contribution in [0.3, 0.4) is 0 Å². The lowest BCUT2D eigenvalue weighted by Gasteiger charge is -2.32. The molecule has 1 N–H and O–H groups in total. The topological polar surface area (TPSA) is 58.1 Å². The van der Waals surface area contributed by atoms with Crippen molar-refractivity contribution in [3.05, 3.63) is 75.7 Å². The zero-order valence-corrected chi connectivity index (χ0v) is 18.5. The Kier molecular flexibility index (Phi) is 5.98. The minimum Gasteiger partial charge on any atom is -0.344 e. The first kappa shape index (κ1) is 20.2. The van der Waals surface area contributed by atoms with Gasteiger partial charge in [-0.2, -0.15) is 0 Å². The van der Waals surface area contributed by atoms with Crippen molar-refractivity contribution < 1.29 is 4.79 Å². The van der Waals surface area contributed by atoms with E-state index < -0.39 is 0 Å². The van der Waals surface area contributed by atoms with Crippen LogP contribution >= 0.6 is 11.3 Å². The second-order valence-electron chi connectivity index (χ2n) is 8.50. The summed E-state index contributed by atoms with van der Waals surface area (Å²) in [5, 5.41) is 5.48. The summed E-state index contributed by atoms with van der Waals surface area (Å²) >= 11 is 1.71. The Morgan fingerprint density at radius 3 is 2.55 bits per heavy atom. The lowest BCUT2D eigenvalue weighted by molar-refractivity contribution is -0.126. The zero-order valence-electron chi connectivity index (χ0n) is 17.7. The van der Waals surface area contributed by atoms with Crippen molar-refractivity contribution in [2.75, 3.05) is 18.0 Å². The minimum atomic E-state index is -0.0739. The summed E-state index contributed by atoms with van der Waals surface area (Å²) < 4.78 is 0. The molecule has 5 rings (SSSR count). The summed E-state index contributed by atoms with van der Waals surface area (Å²) in [5.41, 5.74) is 4.13. The molecule has 1 aromatic carbocycles. The number of anilines is 1. The van der Waals surface area contributed by atoms with E-state index in [1.54, 1.807) is 23.7 Å². The van der Waals surface area contributed by atoms with Gasteiger partial charge in [0.25, 0.3) is 0 Å². The van der Waals surface area contributed by atoms with Crippen molar-refractivity contribution >= 4 is 23.2 Å². The Morgan fingerprint density at radius 1 is 1.03 bits per heavy atom. The Morgan fingerprint density at radius 2 is 1.81 bits per heavy atom. The van der Waals surface area contributed by atoms with E-state index in [9.17, 15) is 4.79 Å². The van der Waals surface area contributed by atoms with Gasteiger partial charge in [-0.15, -0.1) is 11.3 Å². The molecular formula is C25H28N4OS. The Bertz CT molecular complexity index is 1010. The van der Waals surface area contributed by atoms with Gasteiger partial charge in [-0.1, -0.05) is 24.3 Å². The summed E-state index contributed by atoms with van der Waals surface area (Å²) in [5.74, 6) is 0.941. The van der Waals surface area contributed by atoms with Crippen LogP contribution in [0.25, 0.3) is 0 Å². The number of amides is 1. The SMILES string of the molecule is O=C(NC(c1ccc2c(c1)CCCC2)c1cccs1)C1CCN(c2ncccn2)CC1. The molecule has 3 aromatic rings. The molecule has 2 aliphatic rings. The molecule has 1 saturated heterocycles. The third kappa shape index (κ3) is 4.49. The van der Waals surface area contributed by atoms with E-state index in [0.717, 1.165) is 38.3 Å². The van der Waals surface area contributed by atoms with Gasteiger partial charge in [0.2, 0.25) is 11.9 Å². The maximum atomic E-state index is 13.3. The molecule has 0 spiro atoms. The minimum absolute atomic E-state index is 0.0278. The summed E-state index contributed by atoms with van der Waals surface area (Å²) in [7, 11) is 0. The second kappa shape index (κ2) is 9.18. The van der Waals surface area contributed by atoms with Crippen LogP contribution in [-0.4, -0.2) is 29.0 Å².